The lowest BCUT2D eigenvalue weighted by Gasteiger charge is -2.20. The zero-order valence-corrected chi connectivity index (χ0v) is 20.0. The molecule has 0 saturated heterocycles. The number of aryl methyl sites for hydroxylation is 1. The molecule has 0 fully saturated rings. The summed E-state index contributed by atoms with van der Waals surface area (Å²) in [7, 11) is 4.55. The number of hydrogen-bond acceptors (Lipinski definition) is 7. The van der Waals surface area contributed by atoms with Gasteiger partial charge in [-0.25, -0.2) is 14.8 Å². The Morgan fingerprint density at radius 2 is 1.72 bits per heavy atom. The molecule has 0 saturated carbocycles. The van der Waals surface area contributed by atoms with Gasteiger partial charge in [-0.2, -0.15) is 0 Å². The van der Waals surface area contributed by atoms with Crippen LogP contribution in [0.15, 0.2) is 38.9 Å². The molecule has 0 bridgehead atoms. The first kappa shape index (κ1) is 23.5. The monoisotopic (exact) mass is 457 g/mol. The number of methoxy groups -OCH3 is 1. The van der Waals surface area contributed by atoms with Gasteiger partial charge in [-0.05, 0) is 31.2 Å². The fourth-order valence-corrected chi connectivity index (χ4v) is 3.93. The number of thioether (sulfide) groups is 1. The number of ether oxygens (including phenoxy) is 1. The summed E-state index contributed by atoms with van der Waals surface area (Å²) < 4.78 is 7.49. The quantitative estimate of drug-likeness (QED) is 0.463. The predicted octanol–water partition coefficient (Wildman–Crippen LogP) is 2.45. The molecular weight excluding hydrogens is 430 g/mol. The Balaban J connectivity index is 2.03. The Morgan fingerprint density at radius 1 is 1.09 bits per heavy atom. The molecule has 1 N–H and O–H groups in total. The molecule has 1 unspecified atom stereocenters. The average Bonchev–Trinajstić information content (AvgIpc) is 2.75. The molecule has 0 aliphatic rings. The molecule has 2 aromatic heterocycles. The summed E-state index contributed by atoms with van der Waals surface area (Å²) in [6.07, 6.45) is 0. The van der Waals surface area contributed by atoms with E-state index in [4.69, 9.17) is 4.74 Å². The van der Waals surface area contributed by atoms with E-state index in [0.717, 1.165) is 16.3 Å². The van der Waals surface area contributed by atoms with E-state index in [1.807, 2.05) is 20.8 Å². The minimum absolute atomic E-state index is 0.219. The number of carbonyl (C=O) groups is 1. The first-order chi connectivity index (χ1) is 14.9. The van der Waals surface area contributed by atoms with Crippen molar-refractivity contribution in [3.8, 4) is 5.75 Å². The lowest BCUT2D eigenvalue weighted by atomic mass is 9.96. The van der Waals surface area contributed by atoms with Gasteiger partial charge < -0.3 is 10.1 Å². The third-order valence-electron chi connectivity index (χ3n) is 4.95. The minimum atomic E-state index is -0.565. The highest BCUT2D eigenvalue weighted by Crippen LogP contribution is 2.30. The number of hydrogen-bond donors (Lipinski definition) is 1. The van der Waals surface area contributed by atoms with E-state index in [9.17, 15) is 14.4 Å². The van der Waals surface area contributed by atoms with Crippen molar-refractivity contribution in [2.45, 2.75) is 43.4 Å². The highest BCUT2D eigenvalue weighted by atomic mass is 32.2. The number of carbonyl (C=O) groups excluding carboxylic acids is 1. The van der Waals surface area contributed by atoms with Crippen LogP contribution in [-0.4, -0.2) is 37.4 Å². The Hall–Kier alpha value is -3.14. The van der Waals surface area contributed by atoms with Gasteiger partial charge >= 0.3 is 5.69 Å². The number of benzene rings is 1. The molecule has 1 atom stereocenters. The van der Waals surface area contributed by atoms with Gasteiger partial charge in [-0.1, -0.05) is 32.5 Å². The van der Waals surface area contributed by atoms with Crippen LogP contribution < -0.4 is 21.3 Å². The van der Waals surface area contributed by atoms with Crippen LogP contribution in [0.2, 0.25) is 0 Å². The first-order valence-electron chi connectivity index (χ1n) is 10.0. The summed E-state index contributed by atoms with van der Waals surface area (Å²) in [5.41, 5.74) is -0.501. The van der Waals surface area contributed by atoms with Gasteiger partial charge in [0.1, 0.15) is 22.0 Å². The van der Waals surface area contributed by atoms with Gasteiger partial charge in [-0.3, -0.25) is 18.7 Å². The molecule has 1 amide bonds. The average molecular weight is 458 g/mol. The Kier molecular flexibility index (Phi) is 6.45. The standard InChI is InChI=1S/C22H27N5O4S/c1-12(17(28)23-13-8-10-14(31-7)11-9-13)32-18-15-16(24-20(25-18)22(2,3)4)26(5)21(30)27(6)19(15)29/h8-12H,1-7H3,(H,23,28). The third-order valence-corrected chi connectivity index (χ3v) is 6.04. The third kappa shape index (κ3) is 4.55. The molecule has 2 heterocycles. The van der Waals surface area contributed by atoms with Crippen molar-refractivity contribution in [3.63, 3.8) is 0 Å². The van der Waals surface area contributed by atoms with E-state index in [1.165, 1.54) is 11.6 Å². The fraction of sp³-hybridized carbons (Fsp3) is 0.409. The first-order valence-corrected chi connectivity index (χ1v) is 10.9. The fourth-order valence-electron chi connectivity index (χ4n) is 2.99. The van der Waals surface area contributed by atoms with Gasteiger partial charge in [0.05, 0.1) is 12.4 Å². The maximum atomic E-state index is 12.9. The van der Waals surface area contributed by atoms with Gasteiger partial charge in [0.2, 0.25) is 5.91 Å². The highest BCUT2D eigenvalue weighted by Gasteiger charge is 2.26. The topological polar surface area (TPSA) is 108 Å². The van der Waals surface area contributed by atoms with Crippen molar-refractivity contribution < 1.29 is 9.53 Å². The van der Waals surface area contributed by atoms with E-state index in [1.54, 1.807) is 45.3 Å². The molecule has 10 heteroatoms. The highest BCUT2D eigenvalue weighted by molar-refractivity contribution is 8.00. The van der Waals surface area contributed by atoms with Crippen LogP contribution >= 0.6 is 11.8 Å². The van der Waals surface area contributed by atoms with Crippen molar-refractivity contribution in [1.82, 2.24) is 19.1 Å². The second-order valence-electron chi connectivity index (χ2n) is 8.48. The normalized spacial score (nSPS) is 12.6. The van der Waals surface area contributed by atoms with Gasteiger partial charge in [-0.15, -0.1) is 0 Å². The molecule has 32 heavy (non-hydrogen) atoms. The zero-order chi connectivity index (χ0) is 23.8. The summed E-state index contributed by atoms with van der Waals surface area (Å²) >= 11 is 1.16. The molecule has 0 aliphatic carbocycles. The Morgan fingerprint density at radius 3 is 2.28 bits per heavy atom. The van der Waals surface area contributed by atoms with Crippen LogP contribution in [0.5, 0.6) is 5.75 Å². The largest absolute Gasteiger partial charge is 0.497 e. The van der Waals surface area contributed by atoms with Crippen molar-refractivity contribution in [1.29, 1.82) is 0 Å². The molecular formula is C22H27N5O4S. The van der Waals surface area contributed by atoms with E-state index < -0.39 is 21.9 Å². The molecule has 0 aliphatic heterocycles. The predicted molar refractivity (Wildman–Crippen MR) is 126 cm³/mol. The molecule has 1 aromatic carbocycles. The zero-order valence-electron chi connectivity index (χ0n) is 19.2. The second-order valence-corrected chi connectivity index (χ2v) is 9.81. The number of amides is 1. The van der Waals surface area contributed by atoms with Crippen molar-refractivity contribution in [2.24, 2.45) is 14.1 Å². The van der Waals surface area contributed by atoms with Gasteiger partial charge in [0.25, 0.3) is 5.56 Å². The lowest BCUT2D eigenvalue weighted by Crippen LogP contribution is -2.38. The summed E-state index contributed by atoms with van der Waals surface area (Å²) in [6, 6.07) is 7.01. The molecule has 3 rings (SSSR count). The van der Waals surface area contributed by atoms with Crippen LogP contribution in [0.4, 0.5) is 5.69 Å². The number of nitrogens with one attached hydrogen (secondary N) is 1. The number of nitrogens with zero attached hydrogens (tertiary/aromatic N) is 4. The summed E-state index contributed by atoms with van der Waals surface area (Å²) in [6.45, 7) is 7.57. The smallest absolute Gasteiger partial charge is 0.332 e. The number of aromatic nitrogens is 4. The summed E-state index contributed by atoms with van der Waals surface area (Å²) in [4.78, 5) is 47.3. The van der Waals surface area contributed by atoms with Crippen LogP contribution in [0, 0.1) is 0 Å². The maximum absolute atomic E-state index is 12.9. The van der Waals surface area contributed by atoms with E-state index in [-0.39, 0.29) is 16.9 Å². The van der Waals surface area contributed by atoms with Crippen LogP contribution in [-0.2, 0) is 24.3 Å². The van der Waals surface area contributed by atoms with E-state index in [0.29, 0.717) is 22.3 Å². The Labute approximate surface area is 189 Å². The molecule has 170 valence electrons. The van der Waals surface area contributed by atoms with E-state index >= 15 is 0 Å². The van der Waals surface area contributed by atoms with Crippen molar-refractivity contribution in [2.75, 3.05) is 12.4 Å². The lowest BCUT2D eigenvalue weighted by molar-refractivity contribution is -0.115. The van der Waals surface area contributed by atoms with Gasteiger partial charge in [0.15, 0.2) is 5.65 Å². The van der Waals surface area contributed by atoms with Gasteiger partial charge in [0, 0.05) is 25.2 Å². The molecule has 0 radical (unpaired) electrons. The Bertz CT molecular complexity index is 1290. The maximum Gasteiger partial charge on any atom is 0.332 e. The number of anilines is 1. The van der Waals surface area contributed by atoms with E-state index in [2.05, 4.69) is 15.3 Å². The summed E-state index contributed by atoms with van der Waals surface area (Å²) in [5.74, 6) is 0.929. The number of rotatable bonds is 5. The second kappa shape index (κ2) is 8.78. The van der Waals surface area contributed by atoms with Crippen LogP contribution in [0.1, 0.15) is 33.5 Å². The van der Waals surface area contributed by atoms with Crippen molar-refractivity contribution in [3.05, 3.63) is 50.9 Å². The summed E-state index contributed by atoms with van der Waals surface area (Å²) in [5, 5.41) is 2.88. The SMILES string of the molecule is COc1ccc(NC(=O)C(C)Sc2nc(C(C)(C)C)nc3c2c(=O)n(C)c(=O)n3C)cc1. The molecule has 9 nitrogen and oxygen atoms in total. The van der Waals surface area contributed by atoms with Crippen molar-refractivity contribution >= 4 is 34.4 Å². The number of fused-ring (bicyclic) bond motifs is 1. The molecule has 3 aromatic rings. The molecule has 0 spiro atoms. The minimum Gasteiger partial charge on any atom is -0.497 e. The van der Waals surface area contributed by atoms with Crippen LogP contribution in [0.3, 0.4) is 0 Å². The van der Waals surface area contributed by atoms with Crippen LogP contribution in [0.25, 0.3) is 11.0 Å².